The standard InChI is InChI=1S/C27H21ClN6O2S/c28-20-13-11-18(12-14-20)25-19(17-34(33-25)22-9-5-2-6-10-22)16-29-32-27-31-26(36)23(37-27)15-24(35)30-21-7-3-1-4-8-21/h1-14,16-17,23H,15H2,(H,30,35)(H,31,32,36)/b29-16+. The van der Waals surface area contributed by atoms with Crippen molar-refractivity contribution in [3.63, 3.8) is 0 Å². The van der Waals surface area contributed by atoms with E-state index < -0.39 is 5.25 Å². The van der Waals surface area contributed by atoms with E-state index in [2.05, 4.69) is 20.8 Å². The van der Waals surface area contributed by atoms with E-state index in [9.17, 15) is 9.59 Å². The van der Waals surface area contributed by atoms with E-state index >= 15 is 0 Å². The normalized spacial score (nSPS) is 16.3. The van der Waals surface area contributed by atoms with Crippen molar-refractivity contribution in [3.05, 3.63) is 102 Å². The zero-order valence-corrected chi connectivity index (χ0v) is 21.0. The van der Waals surface area contributed by atoms with Crippen molar-refractivity contribution in [3.8, 4) is 16.9 Å². The number of carbonyl (C=O) groups excluding carboxylic acids is 2. The molecule has 3 aromatic carbocycles. The number of nitrogens with one attached hydrogen (secondary N) is 2. The highest BCUT2D eigenvalue weighted by molar-refractivity contribution is 8.15. The van der Waals surface area contributed by atoms with E-state index in [1.807, 2.05) is 66.9 Å². The summed E-state index contributed by atoms with van der Waals surface area (Å²) in [7, 11) is 0. The average Bonchev–Trinajstić information content (AvgIpc) is 3.49. The molecule has 1 atom stereocenters. The molecule has 184 valence electrons. The maximum absolute atomic E-state index is 12.4. The summed E-state index contributed by atoms with van der Waals surface area (Å²) in [6.45, 7) is 0. The molecule has 37 heavy (non-hydrogen) atoms. The lowest BCUT2D eigenvalue weighted by atomic mass is 10.1. The van der Waals surface area contributed by atoms with Crippen LogP contribution >= 0.6 is 23.4 Å². The maximum Gasteiger partial charge on any atom is 0.240 e. The Bertz CT molecular complexity index is 1470. The monoisotopic (exact) mass is 528 g/mol. The Kier molecular flexibility index (Phi) is 7.43. The molecule has 0 saturated carbocycles. The number of nitrogens with zero attached hydrogens (tertiary/aromatic N) is 4. The molecule has 0 radical (unpaired) electrons. The zero-order chi connectivity index (χ0) is 25.6. The first-order valence-corrected chi connectivity index (χ1v) is 12.7. The molecular weight excluding hydrogens is 508 g/mol. The summed E-state index contributed by atoms with van der Waals surface area (Å²) >= 11 is 7.24. The number of carbonyl (C=O) groups is 2. The molecule has 1 unspecified atom stereocenters. The third kappa shape index (κ3) is 6.14. The number of para-hydroxylation sites is 2. The van der Waals surface area contributed by atoms with Crippen LogP contribution in [0.15, 0.2) is 101 Å². The Balaban J connectivity index is 1.31. The van der Waals surface area contributed by atoms with Gasteiger partial charge in [0, 0.05) is 34.5 Å². The number of amidine groups is 1. The van der Waals surface area contributed by atoms with Gasteiger partial charge in [-0.2, -0.15) is 10.2 Å². The number of anilines is 1. The highest BCUT2D eigenvalue weighted by Gasteiger charge is 2.32. The van der Waals surface area contributed by atoms with E-state index in [0.29, 0.717) is 21.6 Å². The van der Waals surface area contributed by atoms with Gasteiger partial charge in [0.15, 0.2) is 5.17 Å². The van der Waals surface area contributed by atoms with Gasteiger partial charge in [-0.15, -0.1) is 5.10 Å². The van der Waals surface area contributed by atoms with E-state index in [-0.39, 0.29) is 18.2 Å². The predicted molar refractivity (Wildman–Crippen MR) is 148 cm³/mol. The Morgan fingerprint density at radius 2 is 1.76 bits per heavy atom. The van der Waals surface area contributed by atoms with Crippen LogP contribution in [0.25, 0.3) is 16.9 Å². The highest BCUT2D eigenvalue weighted by Crippen LogP contribution is 2.25. The molecule has 2 heterocycles. The average molecular weight is 529 g/mol. The molecular formula is C27H21ClN6O2S. The Morgan fingerprint density at radius 3 is 2.49 bits per heavy atom. The van der Waals surface area contributed by atoms with Crippen LogP contribution in [0, 0.1) is 0 Å². The summed E-state index contributed by atoms with van der Waals surface area (Å²) in [6, 6.07) is 26.2. The second-order valence-corrected chi connectivity index (χ2v) is 9.71. The first-order valence-electron chi connectivity index (χ1n) is 11.4. The minimum Gasteiger partial charge on any atom is -0.326 e. The molecule has 1 aliphatic rings. The van der Waals surface area contributed by atoms with Crippen molar-refractivity contribution in [2.45, 2.75) is 11.7 Å². The zero-order valence-electron chi connectivity index (χ0n) is 19.4. The second-order valence-electron chi connectivity index (χ2n) is 8.08. The molecule has 2 amide bonds. The summed E-state index contributed by atoms with van der Waals surface area (Å²) in [5.74, 6) is -0.523. The number of halogens is 1. The van der Waals surface area contributed by atoms with Crippen LogP contribution in [-0.2, 0) is 9.59 Å². The molecule has 2 N–H and O–H groups in total. The molecule has 0 aliphatic carbocycles. The summed E-state index contributed by atoms with van der Waals surface area (Å²) in [4.78, 5) is 24.7. The number of benzene rings is 3. The largest absolute Gasteiger partial charge is 0.326 e. The van der Waals surface area contributed by atoms with Crippen LogP contribution < -0.4 is 10.6 Å². The van der Waals surface area contributed by atoms with E-state index in [1.165, 1.54) is 11.8 Å². The molecule has 0 bridgehead atoms. The van der Waals surface area contributed by atoms with Crippen LogP contribution in [0.5, 0.6) is 0 Å². The fraction of sp³-hybridized carbons (Fsp3) is 0.0741. The molecule has 8 nitrogen and oxygen atoms in total. The molecule has 1 aliphatic heterocycles. The highest BCUT2D eigenvalue weighted by atomic mass is 35.5. The number of hydrogen-bond donors (Lipinski definition) is 2. The lowest BCUT2D eigenvalue weighted by molar-refractivity contribution is -0.122. The van der Waals surface area contributed by atoms with Gasteiger partial charge in [-0.3, -0.25) is 9.59 Å². The van der Waals surface area contributed by atoms with Gasteiger partial charge in [0.05, 0.1) is 11.9 Å². The van der Waals surface area contributed by atoms with E-state index in [0.717, 1.165) is 16.8 Å². The molecule has 1 saturated heterocycles. The van der Waals surface area contributed by atoms with Crippen molar-refractivity contribution in [1.29, 1.82) is 0 Å². The Morgan fingerprint density at radius 1 is 1.05 bits per heavy atom. The number of hydrogen-bond acceptors (Lipinski definition) is 6. The third-order valence-electron chi connectivity index (χ3n) is 5.43. The fourth-order valence-corrected chi connectivity index (χ4v) is 4.71. The van der Waals surface area contributed by atoms with E-state index in [4.69, 9.17) is 16.7 Å². The first kappa shape index (κ1) is 24.5. The second kappa shape index (κ2) is 11.2. The molecule has 10 heteroatoms. The summed E-state index contributed by atoms with van der Waals surface area (Å²) in [5.41, 5.74) is 3.91. The smallest absolute Gasteiger partial charge is 0.240 e. The predicted octanol–water partition coefficient (Wildman–Crippen LogP) is 5.14. The number of aromatic nitrogens is 2. The third-order valence-corrected chi connectivity index (χ3v) is 6.76. The minimum atomic E-state index is -0.580. The maximum atomic E-state index is 12.4. The molecule has 1 aromatic heterocycles. The van der Waals surface area contributed by atoms with Crippen molar-refractivity contribution >= 4 is 52.2 Å². The summed E-state index contributed by atoms with van der Waals surface area (Å²) in [5, 5.41) is 19.0. The summed E-state index contributed by atoms with van der Waals surface area (Å²) < 4.78 is 1.77. The first-order chi connectivity index (χ1) is 18.0. The Labute approximate surface area is 222 Å². The van der Waals surface area contributed by atoms with Gasteiger partial charge in [-0.25, -0.2) is 4.68 Å². The van der Waals surface area contributed by atoms with Crippen LogP contribution in [0.2, 0.25) is 5.02 Å². The number of amides is 2. The van der Waals surface area contributed by atoms with Crippen LogP contribution in [0.3, 0.4) is 0 Å². The van der Waals surface area contributed by atoms with Crippen LogP contribution in [0.1, 0.15) is 12.0 Å². The topological polar surface area (TPSA) is 101 Å². The summed E-state index contributed by atoms with van der Waals surface area (Å²) in [6.07, 6.45) is 3.48. The SMILES string of the molecule is O=C(CC1S/C(=N/N=C/c2cn(-c3ccccc3)nc2-c2ccc(Cl)cc2)NC1=O)Nc1ccccc1. The van der Waals surface area contributed by atoms with Crippen molar-refractivity contribution < 1.29 is 9.59 Å². The molecule has 1 fully saturated rings. The van der Waals surface area contributed by atoms with Crippen molar-refractivity contribution in [2.24, 2.45) is 10.2 Å². The van der Waals surface area contributed by atoms with Gasteiger partial charge in [-0.1, -0.05) is 71.9 Å². The van der Waals surface area contributed by atoms with Gasteiger partial charge in [0.25, 0.3) is 0 Å². The Hall–Kier alpha value is -4.21. The molecule has 4 aromatic rings. The number of rotatable bonds is 7. The van der Waals surface area contributed by atoms with Gasteiger partial charge >= 0.3 is 0 Å². The molecule has 0 spiro atoms. The molecule has 5 rings (SSSR count). The van der Waals surface area contributed by atoms with Crippen molar-refractivity contribution in [2.75, 3.05) is 5.32 Å². The van der Waals surface area contributed by atoms with Crippen molar-refractivity contribution in [1.82, 2.24) is 15.1 Å². The van der Waals surface area contributed by atoms with Gasteiger partial charge in [-0.05, 0) is 36.4 Å². The van der Waals surface area contributed by atoms with Crippen LogP contribution in [-0.4, -0.2) is 38.2 Å². The quantitative estimate of drug-likeness (QED) is 0.256. The lowest BCUT2D eigenvalue weighted by Gasteiger charge is -2.06. The van der Waals surface area contributed by atoms with Gasteiger partial charge in [0.2, 0.25) is 11.8 Å². The van der Waals surface area contributed by atoms with Gasteiger partial charge in [0.1, 0.15) is 10.9 Å². The number of thioether (sulfide) groups is 1. The minimum absolute atomic E-state index is 0.0265. The van der Waals surface area contributed by atoms with Crippen LogP contribution in [0.4, 0.5) is 5.69 Å². The van der Waals surface area contributed by atoms with E-state index in [1.54, 1.807) is 35.2 Å². The fourth-order valence-electron chi connectivity index (χ4n) is 3.66. The van der Waals surface area contributed by atoms with Gasteiger partial charge < -0.3 is 10.6 Å². The lowest BCUT2D eigenvalue weighted by Crippen LogP contribution is -2.28.